The molecule has 0 spiro atoms. The van der Waals surface area contributed by atoms with Crippen LogP contribution in [0.5, 0.6) is 0 Å². The van der Waals surface area contributed by atoms with Crippen molar-refractivity contribution in [3.63, 3.8) is 0 Å². The van der Waals surface area contributed by atoms with E-state index in [0.29, 0.717) is 62.7 Å². The maximum atomic E-state index is 13.1. The second-order valence-electron chi connectivity index (χ2n) is 17.7. The highest BCUT2D eigenvalue weighted by Crippen LogP contribution is 2.42. The third kappa shape index (κ3) is 35.3. The number of nitrogens with zero attached hydrogens (tertiary/aromatic N) is 1. The number of carbonyl (C=O) groups excluding carboxylic acids is 3. The van der Waals surface area contributed by atoms with Crippen molar-refractivity contribution >= 4 is 33.2 Å². The molecule has 0 aliphatic rings. The first-order valence-corrected chi connectivity index (χ1v) is 23.1. The largest absolute Gasteiger partial charge is 0.756 e. The van der Waals surface area contributed by atoms with Gasteiger partial charge in [0.1, 0.15) is 5.78 Å². The molecule has 0 saturated heterocycles. The highest BCUT2D eigenvalue weighted by molar-refractivity contribution is 7.46. The predicted molar refractivity (Wildman–Crippen MR) is 211 cm³/mol. The molecule has 0 aliphatic carbocycles. The number of Topliss-reactive ketones (excluding diaryl/α,β-unsaturated/α-hetero) is 1. The summed E-state index contributed by atoms with van der Waals surface area (Å²) in [6.07, 6.45) is 13.7. The van der Waals surface area contributed by atoms with E-state index in [1.807, 2.05) is 0 Å². The monoisotopic (exact) mass is 810 g/mol. The average molecular weight is 811 g/mol. The quantitative estimate of drug-likeness (QED) is 0.0508. The van der Waals surface area contributed by atoms with Crippen molar-refractivity contribution in [1.29, 1.82) is 0 Å². The molecule has 0 aromatic rings. The predicted octanol–water partition coefficient (Wildman–Crippen LogP) is 8.42. The Hall–Kier alpha value is -1.17. The number of rotatable bonds is 32. The number of hydrogen-bond acceptors (Lipinski definition) is 11. The van der Waals surface area contributed by atoms with Gasteiger partial charge in [-0.2, -0.15) is 0 Å². The molecule has 0 rings (SSSR count). The van der Waals surface area contributed by atoms with Crippen molar-refractivity contribution in [2.24, 2.45) is 10.8 Å². The first kappa shape index (κ1) is 52.8. The fourth-order valence-corrected chi connectivity index (χ4v) is 7.27. The van der Waals surface area contributed by atoms with Crippen molar-refractivity contribution in [2.75, 3.05) is 39.5 Å². The second kappa shape index (κ2) is 27.5. The maximum Gasteiger partial charge on any atom is 0.268 e. The van der Waals surface area contributed by atoms with Crippen LogP contribution in [-0.2, 0) is 41.6 Å². The molecule has 0 saturated carbocycles. The molecule has 0 fully saturated rings. The zero-order valence-corrected chi connectivity index (χ0v) is 37.1. The van der Waals surface area contributed by atoms with Crippen molar-refractivity contribution in [2.45, 2.75) is 183 Å². The van der Waals surface area contributed by atoms with Crippen molar-refractivity contribution in [1.82, 2.24) is 10.2 Å². The van der Waals surface area contributed by atoms with Gasteiger partial charge in [-0.05, 0) is 83.0 Å². The van der Waals surface area contributed by atoms with Crippen LogP contribution in [-0.4, -0.2) is 67.6 Å². The van der Waals surface area contributed by atoms with Crippen LogP contribution in [0, 0.1) is 10.8 Å². The summed E-state index contributed by atoms with van der Waals surface area (Å²) in [6.45, 7) is 17.4. The topological polar surface area (TPSA) is 184 Å². The van der Waals surface area contributed by atoms with Crippen LogP contribution in [0.2, 0.25) is 0 Å². The van der Waals surface area contributed by atoms with E-state index in [0.717, 1.165) is 64.2 Å². The minimum Gasteiger partial charge on any atom is -0.756 e. The lowest BCUT2D eigenvalue weighted by molar-refractivity contribution is -0.234. The first-order chi connectivity index (χ1) is 24.9. The Kier molecular flexibility index (Phi) is 26.9. The van der Waals surface area contributed by atoms with Crippen molar-refractivity contribution in [3.8, 4) is 0 Å². The molecule has 2 unspecified atom stereocenters. The number of hydrogen-bond donors (Lipinski definition) is 1. The Labute approximate surface area is 328 Å². The summed E-state index contributed by atoms with van der Waals surface area (Å²) in [5.41, 5.74) is -0.443. The summed E-state index contributed by atoms with van der Waals surface area (Å²) < 4.78 is 44.5. The number of unbranched alkanes of at least 4 members (excludes halogenated alkanes) is 8. The van der Waals surface area contributed by atoms with E-state index in [9.17, 15) is 33.3 Å². The van der Waals surface area contributed by atoms with Gasteiger partial charge in [0, 0.05) is 45.3 Å². The van der Waals surface area contributed by atoms with Gasteiger partial charge in [0.05, 0.1) is 25.4 Å². The molecule has 0 aliphatic heterocycles. The maximum absolute atomic E-state index is 13.1. The Bertz CT molecular complexity index is 1150. The molecule has 0 aromatic carbocycles. The Balaban J connectivity index is 4.56. The number of phosphoric acid groups is 2. The van der Waals surface area contributed by atoms with Gasteiger partial charge < -0.3 is 38.1 Å². The lowest BCUT2D eigenvalue weighted by atomic mass is 9.89. The third-order valence-corrected chi connectivity index (χ3v) is 10.7. The zero-order chi connectivity index (χ0) is 41.3. The van der Waals surface area contributed by atoms with Gasteiger partial charge >= 0.3 is 0 Å². The molecule has 15 heteroatoms. The van der Waals surface area contributed by atoms with Gasteiger partial charge in [0.15, 0.2) is 0 Å². The number of carbonyl (C=O) groups is 3. The van der Waals surface area contributed by atoms with Crippen LogP contribution in [0.15, 0.2) is 0 Å². The van der Waals surface area contributed by atoms with E-state index in [-0.39, 0.29) is 56.6 Å². The molecule has 0 aromatic heterocycles. The average Bonchev–Trinajstić information content (AvgIpc) is 3.01. The SMILES string of the molecule is CC(C)(C)CCCCC(=O)CCCCCCCOP(=O)([O-])OCCN(CCOP(=O)([O-])OC(C)(C)C)C(=O)CCCCCNC(=O)CCCCC(C)(C)C. The molecular weight excluding hydrogens is 734 g/mol. The molecule has 1 N–H and O–H groups in total. The van der Waals surface area contributed by atoms with Gasteiger partial charge in [-0.25, -0.2) is 0 Å². The molecule has 0 radical (unpaired) electrons. The van der Waals surface area contributed by atoms with Crippen LogP contribution in [0.25, 0.3) is 0 Å². The first-order valence-electron chi connectivity index (χ1n) is 20.2. The van der Waals surface area contributed by atoms with E-state index in [4.69, 9.17) is 18.1 Å². The molecule has 0 bridgehead atoms. The molecule has 13 nitrogen and oxygen atoms in total. The molecule has 2 amide bonds. The van der Waals surface area contributed by atoms with Gasteiger partial charge in [-0.15, -0.1) is 0 Å². The Morgan fingerprint density at radius 1 is 0.556 bits per heavy atom. The van der Waals surface area contributed by atoms with Crippen molar-refractivity contribution < 1.29 is 51.4 Å². The number of nitrogens with one attached hydrogen (secondary N) is 1. The van der Waals surface area contributed by atoms with E-state index in [1.165, 1.54) is 4.90 Å². The molecule has 2 atom stereocenters. The van der Waals surface area contributed by atoms with Crippen LogP contribution in [0.3, 0.4) is 0 Å². The Morgan fingerprint density at radius 2 is 1.00 bits per heavy atom. The van der Waals surface area contributed by atoms with Gasteiger partial charge in [-0.1, -0.05) is 80.1 Å². The van der Waals surface area contributed by atoms with Crippen molar-refractivity contribution in [3.05, 3.63) is 0 Å². The Morgan fingerprint density at radius 3 is 1.56 bits per heavy atom. The summed E-state index contributed by atoms with van der Waals surface area (Å²) in [6, 6.07) is 0. The highest BCUT2D eigenvalue weighted by Gasteiger charge is 2.22. The van der Waals surface area contributed by atoms with E-state index in [1.54, 1.807) is 20.8 Å². The summed E-state index contributed by atoms with van der Waals surface area (Å²) in [4.78, 5) is 63.1. The summed E-state index contributed by atoms with van der Waals surface area (Å²) in [5, 5.41) is 2.92. The van der Waals surface area contributed by atoms with Gasteiger partial charge in [-0.3, -0.25) is 23.5 Å². The van der Waals surface area contributed by atoms with E-state index < -0.39 is 21.2 Å². The van der Waals surface area contributed by atoms with Gasteiger partial charge in [0.25, 0.3) is 15.6 Å². The fourth-order valence-electron chi connectivity index (χ4n) is 5.51. The van der Waals surface area contributed by atoms with Crippen LogP contribution < -0.4 is 15.1 Å². The van der Waals surface area contributed by atoms with Gasteiger partial charge in [0.2, 0.25) is 11.8 Å². The number of ketones is 1. The van der Waals surface area contributed by atoms with E-state index >= 15 is 0 Å². The summed E-state index contributed by atoms with van der Waals surface area (Å²) in [7, 11) is -9.26. The smallest absolute Gasteiger partial charge is 0.268 e. The van der Waals surface area contributed by atoms with Crippen LogP contribution >= 0.6 is 15.6 Å². The summed E-state index contributed by atoms with van der Waals surface area (Å²) in [5.74, 6) is 0.0138. The normalized spacial score (nSPS) is 14.7. The van der Waals surface area contributed by atoms with Crippen LogP contribution in [0.1, 0.15) is 178 Å². The molecular formula is C39H76N2O11P2-2. The minimum atomic E-state index is -4.64. The standard InChI is InChI=1S/C39H78N2O11P2/c1-37(2,3)26-18-16-23-34(42)22-14-11-10-12-21-31-49-53(45,46)50-32-29-41(30-33-51-54(47,48)52-39(7,8)9)36(44)25-15-13-20-28-40-35(43)24-17-19-27-38(4,5)6/h10-33H2,1-9H3,(H,40,43)(H,45,46)(H,47,48)/p-2. The minimum absolute atomic E-state index is 0.0224. The number of amides is 2. The van der Waals surface area contributed by atoms with Crippen LogP contribution in [0.4, 0.5) is 0 Å². The third-order valence-electron chi connectivity index (χ3n) is 8.41. The lowest BCUT2D eigenvalue weighted by Crippen LogP contribution is -2.37. The summed E-state index contributed by atoms with van der Waals surface area (Å²) >= 11 is 0. The second-order valence-corrected chi connectivity index (χ2v) is 20.5. The fraction of sp³-hybridized carbons (Fsp3) is 0.923. The highest BCUT2D eigenvalue weighted by atomic mass is 31.2. The molecule has 54 heavy (non-hydrogen) atoms. The zero-order valence-electron chi connectivity index (χ0n) is 35.3. The number of phosphoric ester groups is 2. The van der Waals surface area contributed by atoms with E-state index in [2.05, 4.69) is 46.9 Å². The molecule has 0 heterocycles. The lowest BCUT2D eigenvalue weighted by Gasteiger charge is -2.31. The molecule has 320 valence electrons.